The van der Waals surface area contributed by atoms with Crippen molar-refractivity contribution in [1.29, 1.82) is 0 Å². The zero-order chi connectivity index (χ0) is 13.3. The van der Waals surface area contributed by atoms with Crippen LogP contribution in [0.4, 0.5) is 0 Å². The van der Waals surface area contributed by atoms with E-state index < -0.39 is 5.54 Å². The average molecular weight is 260 g/mol. The van der Waals surface area contributed by atoms with Gasteiger partial charge in [-0.3, -0.25) is 0 Å². The highest BCUT2D eigenvalue weighted by Crippen LogP contribution is 2.35. The normalized spacial score (nSPS) is 19.3. The minimum absolute atomic E-state index is 0.400. The van der Waals surface area contributed by atoms with E-state index in [4.69, 9.17) is 14.9 Å². The van der Waals surface area contributed by atoms with E-state index in [-0.39, 0.29) is 0 Å². The standard InChI is InChI=1S/C15H20N2O2/c1-18-11-6-7-13-12(10-11)17-14(19-13)15(16)8-4-2-3-5-9-15/h6-7,10H,2-5,8-9,16H2,1H3. The fraction of sp³-hybridized carbons (Fsp3) is 0.533. The van der Waals surface area contributed by atoms with E-state index in [2.05, 4.69) is 4.98 Å². The summed E-state index contributed by atoms with van der Waals surface area (Å²) >= 11 is 0. The van der Waals surface area contributed by atoms with Crippen molar-refractivity contribution in [2.24, 2.45) is 5.73 Å². The highest BCUT2D eigenvalue weighted by molar-refractivity contribution is 5.74. The van der Waals surface area contributed by atoms with E-state index in [9.17, 15) is 0 Å². The van der Waals surface area contributed by atoms with Gasteiger partial charge in [0, 0.05) is 6.07 Å². The van der Waals surface area contributed by atoms with Gasteiger partial charge in [0.15, 0.2) is 5.58 Å². The molecule has 1 aliphatic rings. The van der Waals surface area contributed by atoms with Crippen molar-refractivity contribution >= 4 is 11.1 Å². The largest absolute Gasteiger partial charge is 0.497 e. The molecule has 4 heteroatoms. The maximum atomic E-state index is 6.53. The topological polar surface area (TPSA) is 61.3 Å². The number of methoxy groups -OCH3 is 1. The molecule has 0 radical (unpaired) electrons. The Labute approximate surface area is 112 Å². The molecule has 0 unspecified atom stereocenters. The number of nitrogens with zero attached hydrogens (tertiary/aromatic N) is 1. The Morgan fingerprint density at radius 2 is 1.95 bits per heavy atom. The van der Waals surface area contributed by atoms with Gasteiger partial charge in [-0.05, 0) is 25.0 Å². The van der Waals surface area contributed by atoms with Crippen molar-refractivity contribution in [1.82, 2.24) is 4.98 Å². The lowest BCUT2D eigenvalue weighted by molar-refractivity contribution is 0.301. The number of oxazole rings is 1. The lowest BCUT2D eigenvalue weighted by Crippen LogP contribution is -2.36. The van der Waals surface area contributed by atoms with Crippen LogP contribution in [0.25, 0.3) is 11.1 Å². The molecule has 2 N–H and O–H groups in total. The number of rotatable bonds is 2. The summed E-state index contributed by atoms with van der Waals surface area (Å²) < 4.78 is 11.1. The highest BCUT2D eigenvalue weighted by atomic mass is 16.5. The molecule has 1 aromatic heterocycles. The first-order valence-corrected chi connectivity index (χ1v) is 6.95. The lowest BCUT2D eigenvalue weighted by atomic mass is 9.91. The van der Waals surface area contributed by atoms with E-state index >= 15 is 0 Å². The Morgan fingerprint density at radius 1 is 1.21 bits per heavy atom. The molecule has 1 aliphatic carbocycles. The van der Waals surface area contributed by atoms with Gasteiger partial charge < -0.3 is 14.9 Å². The van der Waals surface area contributed by atoms with Gasteiger partial charge in [-0.2, -0.15) is 0 Å². The van der Waals surface area contributed by atoms with Crippen molar-refractivity contribution < 1.29 is 9.15 Å². The summed E-state index contributed by atoms with van der Waals surface area (Å²) in [7, 11) is 1.65. The molecular weight excluding hydrogens is 240 g/mol. The van der Waals surface area contributed by atoms with Crippen molar-refractivity contribution in [3.8, 4) is 5.75 Å². The van der Waals surface area contributed by atoms with Crippen LogP contribution in [0.2, 0.25) is 0 Å². The molecule has 0 spiro atoms. The van der Waals surface area contributed by atoms with Crippen LogP contribution in [0, 0.1) is 0 Å². The summed E-state index contributed by atoms with van der Waals surface area (Å²) in [6, 6.07) is 5.67. The number of ether oxygens (including phenoxy) is 1. The third-order valence-corrected chi connectivity index (χ3v) is 4.02. The molecule has 1 heterocycles. The van der Waals surface area contributed by atoms with Crippen molar-refractivity contribution in [3.63, 3.8) is 0 Å². The summed E-state index contributed by atoms with van der Waals surface area (Å²) in [6.07, 6.45) is 6.73. The molecule has 4 nitrogen and oxygen atoms in total. The number of hydrogen-bond donors (Lipinski definition) is 1. The Bertz CT molecular complexity index is 569. The predicted molar refractivity (Wildman–Crippen MR) is 74.1 cm³/mol. The molecule has 19 heavy (non-hydrogen) atoms. The molecule has 0 atom stereocenters. The molecule has 1 fully saturated rings. The van der Waals surface area contributed by atoms with Gasteiger partial charge in [-0.25, -0.2) is 4.98 Å². The molecule has 2 aromatic rings. The summed E-state index contributed by atoms with van der Waals surface area (Å²) in [5, 5.41) is 0. The molecule has 102 valence electrons. The van der Waals surface area contributed by atoms with Crippen LogP contribution in [0.1, 0.15) is 44.4 Å². The van der Waals surface area contributed by atoms with E-state index in [0.717, 1.165) is 42.5 Å². The van der Waals surface area contributed by atoms with Crippen molar-refractivity contribution in [2.75, 3.05) is 7.11 Å². The average Bonchev–Trinajstić information content (AvgIpc) is 2.74. The van der Waals surface area contributed by atoms with Gasteiger partial charge in [0.05, 0.1) is 12.6 Å². The fourth-order valence-electron chi connectivity index (χ4n) is 2.82. The molecule has 0 saturated heterocycles. The highest BCUT2D eigenvalue weighted by Gasteiger charge is 2.33. The van der Waals surface area contributed by atoms with Crippen LogP contribution in [0.3, 0.4) is 0 Å². The van der Waals surface area contributed by atoms with Crippen LogP contribution in [-0.2, 0) is 5.54 Å². The second-order valence-electron chi connectivity index (χ2n) is 5.42. The van der Waals surface area contributed by atoms with Crippen molar-refractivity contribution in [2.45, 2.75) is 44.1 Å². The minimum Gasteiger partial charge on any atom is -0.497 e. The van der Waals surface area contributed by atoms with E-state index in [0.29, 0.717) is 5.89 Å². The zero-order valence-electron chi connectivity index (χ0n) is 11.3. The van der Waals surface area contributed by atoms with Crippen LogP contribution in [-0.4, -0.2) is 12.1 Å². The molecule has 1 aromatic carbocycles. The quantitative estimate of drug-likeness (QED) is 0.841. The van der Waals surface area contributed by atoms with E-state index in [1.165, 1.54) is 12.8 Å². The molecule has 1 saturated carbocycles. The third kappa shape index (κ3) is 2.32. The maximum absolute atomic E-state index is 6.53. The Balaban J connectivity index is 1.99. The van der Waals surface area contributed by atoms with Gasteiger partial charge in [-0.1, -0.05) is 25.7 Å². The van der Waals surface area contributed by atoms with Gasteiger partial charge >= 0.3 is 0 Å². The van der Waals surface area contributed by atoms with Crippen LogP contribution >= 0.6 is 0 Å². The van der Waals surface area contributed by atoms with E-state index in [1.807, 2.05) is 18.2 Å². The first kappa shape index (κ1) is 12.5. The van der Waals surface area contributed by atoms with Crippen LogP contribution < -0.4 is 10.5 Å². The summed E-state index contributed by atoms with van der Waals surface area (Å²) in [6.45, 7) is 0. The summed E-state index contributed by atoms with van der Waals surface area (Å²) in [5.41, 5.74) is 7.73. The van der Waals surface area contributed by atoms with Crippen LogP contribution in [0.5, 0.6) is 5.75 Å². The number of hydrogen-bond acceptors (Lipinski definition) is 4. The molecule has 3 rings (SSSR count). The van der Waals surface area contributed by atoms with Gasteiger partial charge in [-0.15, -0.1) is 0 Å². The SMILES string of the molecule is COc1ccc2oc(C3(N)CCCCCC3)nc2c1. The Hall–Kier alpha value is -1.55. The summed E-state index contributed by atoms with van der Waals surface area (Å²) in [4.78, 5) is 4.59. The number of benzene rings is 1. The first-order valence-electron chi connectivity index (χ1n) is 6.95. The molecular formula is C15H20N2O2. The number of aromatic nitrogens is 1. The summed E-state index contributed by atoms with van der Waals surface area (Å²) in [5.74, 6) is 1.47. The lowest BCUT2D eigenvalue weighted by Gasteiger charge is -2.23. The third-order valence-electron chi connectivity index (χ3n) is 4.02. The second kappa shape index (κ2) is 4.85. The minimum atomic E-state index is -0.400. The van der Waals surface area contributed by atoms with Crippen molar-refractivity contribution in [3.05, 3.63) is 24.1 Å². The van der Waals surface area contributed by atoms with Crippen LogP contribution in [0.15, 0.2) is 22.6 Å². The molecule has 0 aliphatic heterocycles. The van der Waals surface area contributed by atoms with Gasteiger partial charge in [0.1, 0.15) is 11.3 Å². The number of fused-ring (bicyclic) bond motifs is 1. The Kier molecular flexibility index (Phi) is 3.19. The van der Waals surface area contributed by atoms with Gasteiger partial charge in [0.2, 0.25) is 5.89 Å². The zero-order valence-corrected chi connectivity index (χ0v) is 11.3. The van der Waals surface area contributed by atoms with E-state index in [1.54, 1.807) is 7.11 Å². The number of nitrogens with two attached hydrogens (primary N) is 1. The monoisotopic (exact) mass is 260 g/mol. The maximum Gasteiger partial charge on any atom is 0.215 e. The predicted octanol–water partition coefficient (Wildman–Crippen LogP) is 3.34. The first-order chi connectivity index (χ1) is 9.21. The second-order valence-corrected chi connectivity index (χ2v) is 5.42. The Morgan fingerprint density at radius 3 is 2.63 bits per heavy atom. The molecule has 0 bridgehead atoms. The fourth-order valence-corrected chi connectivity index (χ4v) is 2.82. The smallest absolute Gasteiger partial charge is 0.215 e. The van der Waals surface area contributed by atoms with Gasteiger partial charge in [0.25, 0.3) is 0 Å². The molecule has 0 amide bonds.